The smallest absolute Gasteiger partial charge is 0.330 e. The number of carboxylic acids is 1. The van der Waals surface area contributed by atoms with E-state index in [9.17, 15) is 19.5 Å². The zero-order valence-corrected chi connectivity index (χ0v) is 16.6. The summed E-state index contributed by atoms with van der Waals surface area (Å²) >= 11 is 2.24. The minimum absolute atomic E-state index is 0.0417. The molecular formula is C18H25NO4S2. The molecule has 0 heterocycles. The molecule has 7 heteroatoms. The van der Waals surface area contributed by atoms with E-state index in [2.05, 4.69) is 4.72 Å². The zero-order valence-electron chi connectivity index (χ0n) is 14.9. The molecule has 2 atom stereocenters. The standard InChI is InChI=1S/C18H25NO4S2/c1-5-15(21)16(12(2)3)18(17(22)23,14-9-7-6-8-10-14)19-25-11-24-13(4)20/h6-10,12,16,19H,5,11H2,1-4H3,(H,22,23)/t16?,18-/m0/s1. The second-order valence-corrected chi connectivity index (χ2v) is 8.32. The Hall–Kier alpha value is -1.31. The number of carbonyl (C=O) groups excluding carboxylic acids is 2. The Kier molecular flexibility index (Phi) is 8.68. The van der Waals surface area contributed by atoms with Gasteiger partial charge in [0.15, 0.2) is 10.7 Å². The maximum atomic E-state index is 12.6. The molecule has 1 aromatic carbocycles. The van der Waals surface area contributed by atoms with E-state index in [4.69, 9.17) is 0 Å². The number of hydrogen-bond acceptors (Lipinski definition) is 6. The maximum absolute atomic E-state index is 12.6. The first-order chi connectivity index (χ1) is 11.8. The number of aliphatic carboxylic acids is 1. The molecule has 0 aliphatic carbocycles. The van der Waals surface area contributed by atoms with Gasteiger partial charge in [0.1, 0.15) is 5.78 Å². The van der Waals surface area contributed by atoms with Crippen LogP contribution in [0.25, 0.3) is 0 Å². The number of hydrogen-bond donors (Lipinski definition) is 2. The molecule has 0 aliphatic rings. The molecular weight excluding hydrogens is 358 g/mol. The van der Waals surface area contributed by atoms with Gasteiger partial charge in [-0.2, -0.15) is 0 Å². The predicted molar refractivity (Wildman–Crippen MR) is 103 cm³/mol. The number of carbonyl (C=O) groups is 3. The van der Waals surface area contributed by atoms with E-state index in [1.54, 1.807) is 37.3 Å². The van der Waals surface area contributed by atoms with E-state index in [0.717, 1.165) is 23.7 Å². The lowest BCUT2D eigenvalue weighted by Crippen LogP contribution is -2.56. The third-order valence-electron chi connectivity index (χ3n) is 3.95. The van der Waals surface area contributed by atoms with Gasteiger partial charge in [0.25, 0.3) is 0 Å². The van der Waals surface area contributed by atoms with E-state index in [0.29, 0.717) is 10.6 Å². The maximum Gasteiger partial charge on any atom is 0.330 e. The van der Waals surface area contributed by atoms with Crippen LogP contribution in [0.3, 0.4) is 0 Å². The molecule has 0 saturated carbocycles. The Morgan fingerprint density at radius 3 is 2.24 bits per heavy atom. The van der Waals surface area contributed by atoms with Crippen molar-refractivity contribution in [3.05, 3.63) is 35.9 Å². The quantitative estimate of drug-likeness (QED) is 0.362. The van der Waals surface area contributed by atoms with Crippen molar-refractivity contribution in [1.29, 1.82) is 0 Å². The Bertz CT molecular complexity index is 606. The first kappa shape index (κ1) is 21.7. The van der Waals surface area contributed by atoms with Crippen molar-refractivity contribution in [1.82, 2.24) is 4.72 Å². The summed E-state index contributed by atoms with van der Waals surface area (Å²) < 4.78 is 3.02. The van der Waals surface area contributed by atoms with Gasteiger partial charge in [-0.05, 0) is 11.5 Å². The van der Waals surface area contributed by atoms with Crippen LogP contribution in [0.5, 0.6) is 0 Å². The highest BCUT2D eigenvalue weighted by Crippen LogP contribution is 2.38. The molecule has 0 fully saturated rings. The van der Waals surface area contributed by atoms with E-state index < -0.39 is 17.4 Å². The lowest BCUT2D eigenvalue weighted by atomic mass is 9.70. The minimum Gasteiger partial charge on any atom is -0.480 e. The molecule has 0 amide bonds. The highest BCUT2D eigenvalue weighted by Gasteiger charge is 2.51. The van der Waals surface area contributed by atoms with Gasteiger partial charge in [-0.25, -0.2) is 9.52 Å². The molecule has 25 heavy (non-hydrogen) atoms. The highest BCUT2D eigenvalue weighted by atomic mass is 32.2. The van der Waals surface area contributed by atoms with Crippen molar-refractivity contribution in [2.75, 3.05) is 5.08 Å². The number of Topliss-reactive ketones (excluding diaryl/α,β-unsaturated/α-hetero) is 1. The van der Waals surface area contributed by atoms with Crippen LogP contribution in [0.1, 0.15) is 39.7 Å². The summed E-state index contributed by atoms with van der Waals surface area (Å²) in [7, 11) is 0. The van der Waals surface area contributed by atoms with Gasteiger partial charge in [-0.15, -0.1) is 0 Å². The summed E-state index contributed by atoms with van der Waals surface area (Å²) in [5, 5.41) is 10.5. The van der Waals surface area contributed by atoms with E-state index >= 15 is 0 Å². The van der Waals surface area contributed by atoms with Crippen LogP contribution in [0.2, 0.25) is 0 Å². The zero-order chi connectivity index (χ0) is 19.0. The lowest BCUT2D eigenvalue weighted by Gasteiger charge is -2.39. The van der Waals surface area contributed by atoms with Crippen molar-refractivity contribution >= 4 is 40.6 Å². The van der Waals surface area contributed by atoms with Crippen LogP contribution in [0, 0.1) is 11.8 Å². The minimum atomic E-state index is -1.55. The highest BCUT2D eigenvalue weighted by molar-refractivity contribution is 8.23. The van der Waals surface area contributed by atoms with Crippen LogP contribution < -0.4 is 4.72 Å². The molecule has 0 spiro atoms. The molecule has 0 aliphatic heterocycles. The van der Waals surface area contributed by atoms with Crippen LogP contribution in [0.4, 0.5) is 0 Å². The monoisotopic (exact) mass is 383 g/mol. The number of thioether (sulfide) groups is 1. The van der Waals surface area contributed by atoms with E-state index in [1.807, 2.05) is 13.8 Å². The summed E-state index contributed by atoms with van der Waals surface area (Å²) in [6.45, 7) is 6.92. The molecule has 0 bridgehead atoms. The Morgan fingerprint density at radius 2 is 1.80 bits per heavy atom. The summed E-state index contributed by atoms with van der Waals surface area (Å²) in [6, 6.07) is 8.77. The summed E-state index contributed by atoms with van der Waals surface area (Å²) in [5.41, 5.74) is -1.02. The average molecular weight is 384 g/mol. The van der Waals surface area contributed by atoms with Crippen molar-refractivity contribution < 1.29 is 19.5 Å². The summed E-state index contributed by atoms with van der Waals surface area (Å²) in [6.07, 6.45) is 0.263. The summed E-state index contributed by atoms with van der Waals surface area (Å²) in [5.74, 6) is -2.10. The topological polar surface area (TPSA) is 83.5 Å². The third kappa shape index (κ3) is 5.33. The molecule has 0 saturated heterocycles. The van der Waals surface area contributed by atoms with Gasteiger partial charge in [-0.1, -0.05) is 74.8 Å². The Morgan fingerprint density at radius 1 is 1.20 bits per heavy atom. The van der Waals surface area contributed by atoms with Gasteiger partial charge in [0.05, 0.1) is 11.0 Å². The molecule has 0 aromatic heterocycles. The fourth-order valence-corrected chi connectivity index (χ4v) is 4.59. The first-order valence-corrected chi connectivity index (χ1v) is 10.1. The van der Waals surface area contributed by atoms with Crippen molar-refractivity contribution in [2.24, 2.45) is 11.8 Å². The fraction of sp³-hybridized carbons (Fsp3) is 0.500. The van der Waals surface area contributed by atoms with Crippen molar-refractivity contribution in [3.63, 3.8) is 0 Å². The largest absolute Gasteiger partial charge is 0.480 e. The van der Waals surface area contributed by atoms with Gasteiger partial charge in [0, 0.05) is 13.3 Å². The number of ketones is 1. The number of benzene rings is 1. The number of carboxylic acid groups (broad SMARTS) is 1. The van der Waals surface area contributed by atoms with Crippen molar-refractivity contribution in [2.45, 2.75) is 39.7 Å². The Labute approximate surface area is 157 Å². The van der Waals surface area contributed by atoms with Crippen LogP contribution in [0.15, 0.2) is 30.3 Å². The molecule has 1 rings (SSSR count). The average Bonchev–Trinajstić information content (AvgIpc) is 2.57. The van der Waals surface area contributed by atoms with Crippen LogP contribution in [-0.4, -0.2) is 27.1 Å². The van der Waals surface area contributed by atoms with Gasteiger partial charge in [-0.3, -0.25) is 9.59 Å². The Balaban J connectivity index is 3.37. The number of rotatable bonds is 10. The third-order valence-corrected chi connectivity index (χ3v) is 5.76. The van der Waals surface area contributed by atoms with Gasteiger partial charge in [0.2, 0.25) is 0 Å². The molecule has 138 valence electrons. The first-order valence-electron chi connectivity index (χ1n) is 8.11. The van der Waals surface area contributed by atoms with Crippen LogP contribution >= 0.6 is 23.7 Å². The molecule has 0 radical (unpaired) electrons. The second-order valence-electron chi connectivity index (χ2n) is 6.02. The molecule has 1 aromatic rings. The fourth-order valence-electron chi connectivity index (χ4n) is 2.89. The normalized spacial score (nSPS) is 14.8. The van der Waals surface area contributed by atoms with Crippen LogP contribution in [-0.2, 0) is 19.9 Å². The van der Waals surface area contributed by atoms with E-state index in [1.165, 1.54) is 6.92 Å². The molecule has 2 N–H and O–H groups in total. The van der Waals surface area contributed by atoms with Crippen molar-refractivity contribution in [3.8, 4) is 0 Å². The van der Waals surface area contributed by atoms with Gasteiger partial charge < -0.3 is 5.11 Å². The predicted octanol–water partition coefficient (Wildman–Crippen LogP) is 3.69. The van der Waals surface area contributed by atoms with Gasteiger partial charge >= 0.3 is 5.97 Å². The molecule has 5 nitrogen and oxygen atoms in total. The SMILES string of the molecule is CCC(=O)C(C(C)C)[C@](NSCSC(C)=O)(C(=O)O)c1ccccc1. The second kappa shape index (κ2) is 9.99. The molecule has 1 unspecified atom stereocenters. The van der Waals surface area contributed by atoms with E-state index in [-0.39, 0.29) is 23.2 Å². The number of nitrogens with one attached hydrogen (secondary N) is 1. The summed E-state index contributed by atoms with van der Waals surface area (Å²) in [4.78, 5) is 36.2. The lowest BCUT2D eigenvalue weighted by molar-refractivity contribution is -0.151.